The van der Waals surface area contributed by atoms with Gasteiger partial charge in [-0.3, -0.25) is 10.1 Å². The molecule has 0 spiro atoms. The molecule has 2 aromatic rings. The van der Waals surface area contributed by atoms with Gasteiger partial charge in [0.05, 0.1) is 35.4 Å². The van der Waals surface area contributed by atoms with Gasteiger partial charge in [-0.1, -0.05) is 12.1 Å². The van der Waals surface area contributed by atoms with Crippen LogP contribution in [0.5, 0.6) is 0 Å². The second kappa shape index (κ2) is 6.73. The van der Waals surface area contributed by atoms with Crippen molar-refractivity contribution in [3.8, 4) is 0 Å². The Balaban J connectivity index is 2.19. The Morgan fingerprint density at radius 1 is 1.52 bits per heavy atom. The van der Waals surface area contributed by atoms with Crippen molar-refractivity contribution in [2.24, 2.45) is 0 Å². The first kappa shape index (κ1) is 16.7. The Morgan fingerprint density at radius 2 is 2.32 bits per heavy atom. The highest BCUT2D eigenvalue weighted by Crippen LogP contribution is 2.37. The minimum atomic E-state index is -0.695. The van der Waals surface area contributed by atoms with E-state index in [0.29, 0.717) is 11.5 Å². The van der Waals surface area contributed by atoms with Gasteiger partial charge in [-0.05, 0) is 12.5 Å². The third-order valence-electron chi connectivity index (χ3n) is 3.86. The summed E-state index contributed by atoms with van der Waals surface area (Å²) < 4.78 is 6.79. The summed E-state index contributed by atoms with van der Waals surface area (Å²) in [6.45, 7) is 1.42. The number of nitrogens with zero attached hydrogens (tertiary/aromatic N) is 3. The number of fused-ring (bicyclic) bond motifs is 1. The van der Waals surface area contributed by atoms with Crippen molar-refractivity contribution in [2.75, 3.05) is 18.5 Å². The molecule has 1 atom stereocenters. The van der Waals surface area contributed by atoms with E-state index in [4.69, 9.17) is 4.74 Å². The average Bonchev–Trinajstić information content (AvgIpc) is 3.08. The monoisotopic (exact) mass is 344 g/mol. The summed E-state index contributed by atoms with van der Waals surface area (Å²) in [7, 11) is 0. The molecule has 9 nitrogen and oxygen atoms in total. The van der Waals surface area contributed by atoms with Gasteiger partial charge >= 0.3 is 5.97 Å². The maximum absolute atomic E-state index is 12.5. The Hall–Kier alpha value is -3.20. The number of nitro groups is 1. The fourth-order valence-corrected chi connectivity index (χ4v) is 2.83. The number of aromatic nitrogens is 2. The molecule has 0 aliphatic carbocycles. The third kappa shape index (κ3) is 2.96. The molecule has 0 saturated carbocycles. The number of carbonyl (C=O) groups is 1. The fraction of sp³-hybridized carbons (Fsp3) is 0.250. The van der Waals surface area contributed by atoms with Crippen LogP contribution in [0.1, 0.15) is 18.5 Å². The number of rotatable bonds is 5. The van der Waals surface area contributed by atoms with Crippen LogP contribution in [0, 0.1) is 10.1 Å². The molecule has 0 fully saturated rings. The number of anilines is 1. The van der Waals surface area contributed by atoms with Crippen molar-refractivity contribution in [2.45, 2.75) is 13.0 Å². The van der Waals surface area contributed by atoms with Crippen molar-refractivity contribution < 1.29 is 19.6 Å². The summed E-state index contributed by atoms with van der Waals surface area (Å²) in [5.74, 6) is -0.177. The van der Waals surface area contributed by atoms with Crippen LogP contribution in [0.25, 0.3) is 0 Å². The minimum Gasteiger partial charge on any atom is -0.463 e. The van der Waals surface area contributed by atoms with Crippen LogP contribution in [0.2, 0.25) is 0 Å². The standard InChI is InChI=1S/C16H16N4O5/c1-2-25-15(22)13-12(9-21)18-16-17-6-7-19(16)14(13)10-4-3-5-11(8-10)20(23)24/h3-8,14,21H,2,9H2,1H3,(H,17,18). The Labute approximate surface area is 142 Å². The van der Waals surface area contributed by atoms with E-state index in [9.17, 15) is 20.0 Å². The molecule has 0 saturated heterocycles. The van der Waals surface area contributed by atoms with Crippen molar-refractivity contribution in [1.82, 2.24) is 9.55 Å². The lowest BCUT2D eigenvalue weighted by Crippen LogP contribution is -2.30. The molecule has 0 radical (unpaired) electrons. The Morgan fingerprint density at radius 3 is 3.00 bits per heavy atom. The molecule has 1 aliphatic heterocycles. The maximum Gasteiger partial charge on any atom is 0.338 e. The number of hydrogen-bond donors (Lipinski definition) is 2. The van der Waals surface area contributed by atoms with Crippen LogP contribution in [0.4, 0.5) is 11.6 Å². The quantitative estimate of drug-likeness (QED) is 0.480. The Bertz CT molecular complexity index is 858. The number of nitro benzene ring substituents is 1. The lowest BCUT2D eigenvalue weighted by molar-refractivity contribution is -0.384. The topological polar surface area (TPSA) is 120 Å². The van der Waals surface area contributed by atoms with Crippen molar-refractivity contribution in [1.29, 1.82) is 0 Å². The molecule has 3 rings (SSSR count). The molecule has 1 aromatic carbocycles. The van der Waals surface area contributed by atoms with E-state index in [2.05, 4.69) is 10.3 Å². The second-order valence-corrected chi connectivity index (χ2v) is 5.31. The highest BCUT2D eigenvalue weighted by molar-refractivity contribution is 5.92. The maximum atomic E-state index is 12.5. The molecule has 2 N–H and O–H groups in total. The third-order valence-corrected chi connectivity index (χ3v) is 3.86. The predicted octanol–water partition coefficient (Wildman–Crippen LogP) is 1.62. The first-order chi connectivity index (χ1) is 12.1. The van der Waals surface area contributed by atoms with Crippen LogP contribution in [-0.2, 0) is 9.53 Å². The molecule has 0 amide bonds. The molecular formula is C16H16N4O5. The molecular weight excluding hydrogens is 328 g/mol. The van der Waals surface area contributed by atoms with Crippen LogP contribution in [-0.4, -0.2) is 38.8 Å². The zero-order chi connectivity index (χ0) is 18.0. The SMILES string of the molecule is CCOC(=O)C1=C(CO)Nc2nccn2C1c1cccc([N+](=O)[O-])c1. The van der Waals surface area contributed by atoms with Gasteiger partial charge in [0, 0.05) is 24.5 Å². The summed E-state index contributed by atoms with van der Waals surface area (Å²) in [5.41, 5.74) is 0.874. The predicted molar refractivity (Wildman–Crippen MR) is 87.8 cm³/mol. The van der Waals surface area contributed by atoms with Crippen molar-refractivity contribution in [3.63, 3.8) is 0 Å². The smallest absolute Gasteiger partial charge is 0.338 e. The number of esters is 1. The molecule has 9 heteroatoms. The number of ether oxygens (including phenoxy) is 1. The lowest BCUT2D eigenvalue weighted by Gasteiger charge is -2.30. The van der Waals surface area contributed by atoms with Gasteiger partial charge in [-0.15, -0.1) is 0 Å². The summed E-state index contributed by atoms with van der Waals surface area (Å²) in [6.07, 6.45) is 3.19. The highest BCUT2D eigenvalue weighted by atomic mass is 16.6. The van der Waals surface area contributed by atoms with Crippen molar-refractivity contribution >= 4 is 17.6 Å². The van der Waals surface area contributed by atoms with E-state index in [1.807, 2.05) is 0 Å². The van der Waals surface area contributed by atoms with Gasteiger partial charge in [-0.2, -0.15) is 0 Å². The lowest BCUT2D eigenvalue weighted by atomic mass is 9.94. The molecule has 0 bridgehead atoms. The number of aliphatic hydroxyl groups excluding tert-OH is 1. The second-order valence-electron chi connectivity index (χ2n) is 5.31. The number of carbonyl (C=O) groups excluding carboxylic acids is 1. The summed E-state index contributed by atoms with van der Waals surface area (Å²) >= 11 is 0. The molecule has 1 aliphatic rings. The fourth-order valence-electron chi connectivity index (χ4n) is 2.83. The normalized spacial score (nSPS) is 16.2. The van der Waals surface area contributed by atoms with Gasteiger partial charge in [0.25, 0.3) is 5.69 Å². The van der Waals surface area contributed by atoms with Crippen LogP contribution >= 0.6 is 0 Å². The minimum absolute atomic E-state index is 0.0912. The number of aliphatic hydroxyl groups is 1. The van der Waals surface area contributed by atoms with Gasteiger partial charge in [0.2, 0.25) is 5.95 Å². The van der Waals surface area contributed by atoms with Crippen LogP contribution < -0.4 is 5.32 Å². The summed E-state index contributed by atoms with van der Waals surface area (Å²) in [4.78, 5) is 27.3. The first-order valence-corrected chi connectivity index (χ1v) is 7.62. The van der Waals surface area contributed by atoms with Crippen LogP contribution in [0.15, 0.2) is 47.9 Å². The number of hydrogen-bond acceptors (Lipinski definition) is 7. The first-order valence-electron chi connectivity index (χ1n) is 7.62. The largest absolute Gasteiger partial charge is 0.463 e. The van der Waals surface area contributed by atoms with E-state index in [1.54, 1.807) is 29.8 Å². The summed E-state index contributed by atoms with van der Waals surface area (Å²) in [5, 5.41) is 23.7. The molecule has 1 unspecified atom stereocenters. The van der Waals surface area contributed by atoms with E-state index in [-0.39, 0.29) is 23.6 Å². The zero-order valence-corrected chi connectivity index (χ0v) is 13.4. The number of nitrogens with one attached hydrogen (secondary N) is 1. The molecule has 2 heterocycles. The van der Waals surface area contributed by atoms with Crippen LogP contribution in [0.3, 0.4) is 0 Å². The van der Waals surface area contributed by atoms with Gasteiger partial charge < -0.3 is 19.7 Å². The molecule has 25 heavy (non-hydrogen) atoms. The number of benzene rings is 1. The number of imidazole rings is 1. The van der Waals surface area contributed by atoms with E-state index in [1.165, 1.54) is 18.3 Å². The van der Waals surface area contributed by atoms with Gasteiger partial charge in [0.15, 0.2) is 0 Å². The van der Waals surface area contributed by atoms with E-state index >= 15 is 0 Å². The van der Waals surface area contributed by atoms with E-state index < -0.39 is 23.5 Å². The molecule has 1 aromatic heterocycles. The van der Waals surface area contributed by atoms with Crippen molar-refractivity contribution in [3.05, 3.63) is 63.6 Å². The van der Waals surface area contributed by atoms with E-state index in [0.717, 1.165) is 0 Å². The molecule has 130 valence electrons. The highest BCUT2D eigenvalue weighted by Gasteiger charge is 2.34. The average molecular weight is 344 g/mol. The zero-order valence-electron chi connectivity index (χ0n) is 13.4. The number of non-ortho nitro benzene ring substituents is 1. The summed E-state index contributed by atoms with van der Waals surface area (Å²) in [6, 6.07) is 5.31. The van der Waals surface area contributed by atoms with Gasteiger partial charge in [0.1, 0.15) is 0 Å². The van der Waals surface area contributed by atoms with Gasteiger partial charge in [-0.25, -0.2) is 9.78 Å². The Kier molecular flexibility index (Phi) is 4.48.